The lowest BCUT2D eigenvalue weighted by atomic mass is 10.00. The second kappa shape index (κ2) is 13.4. The summed E-state index contributed by atoms with van der Waals surface area (Å²) in [5.41, 5.74) is 0.410. The molecular weight excluding hydrogens is 665 g/mol. The van der Waals surface area contributed by atoms with Gasteiger partial charge in [0.25, 0.3) is 0 Å². The van der Waals surface area contributed by atoms with Crippen LogP contribution in [0.3, 0.4) is 0 Å². The first-order chi connectivity index (χ1) is 22.6. The van der Waals surface area contributed by atoms with Crippen LogP contribution in [-0.2, 0) is 15.0 Å². The number of aliphatic carboxylic acids is 1. The number of anilines is 2. The number of nitrogens with one attached hydrogen (secondary N) is 3. The Kier molecular flexibility index (Phi) is 9.70. The van der Waals surface area contributed by atoms with Crippen LogP contribution in [0.2, 0.25) is 0 Å². The zero-order valence-corrected chi connectivity index (χ0v) is 26.3. The molecule has 0 radical (unpaired) electrons. The van der Waals surface area contributed by atoms with Gasteiger partial charge < -0.3 is 20.3 Å². The number of H-pyrrole nitrogens is 1. The monoisotopic (exact) mass is 695 g/mol. The van der Waals surface area contributed by atoms with Crippen LogP contribution in [0.15, 0.2) is 48.9 Å². The number of hydrogen-bond donors (Lipinski definition) is 4. The van der Waals surface area contributed by atoms with Crippen LogP contribution in [0.5, 0.6) is 0 Å². The summed E-state index contributed by atoms with van der Waals surface area (Å²) < 4.78 is 89.8. The molecule has 0 aliphatic carbocycles. The Hall–Kier alpha value is -4.68. The van der Waals surface area contributed by atoms with Crippen molar-refractivity contribution < 1.29 is 45.1 Å². The molecule has 5 heterocycles. The van der Waals surface area contributed by atoms with Gasteiger partial charge in [-0.15, -0.1) is 0 Å². The molecule has 2 aliphatic heterocycles. The molecule has 0 saturated carbocycles. The zero-order chi connectivity index (χ0) is 35.0. The predicted molar refractivity (Wildman–Crippen MR) is 166 cm³/mol. The highest BCUT2D eigenvalue weighted by Crippen LogP contribution is 2.31. The van der Waals surface area contributed by atoms with E-state index in [1.54, 1.807) is 25.4 Å². The third-order valence-electron chi connectivity index (χ3n) is 8.05. The number of rotatable bonds is 8. The molecule has 2 unspecified atom stereocenters. The van der Waals surface area contributed by atoms with Crippen molar-refractivity contribution in [2.75, 3.05) is 36.3 Å². The number of pyridine rings is 2. The van der Waals surface area contributed by atoms with Gasteiger partial charge in [0, 0.05) is 79.4 Å². The number of carbonyl (C=O) groups excluding carboxylic acids is 1. The molecule has 4 N–H and O–H groups in total. The minimum absolute atomic E-state index is 0.00120. The Bertz CT molecular complexity index is 1940. The molecule has 2 fully saturated rings. The number of benzene rings is 1. The maximum Gasteiger partial charge on any atom is 0.490 e. The Balaban J connectivity index is 0.000000582. The number of halogens is 5. The summed E-state index contributed by atoms with van der Waals surface area (Å²) in [5.74, 6) is -5.23. The summed E-state index contributed by atoms with van der Waals surface area (Å²) in [6, 6.07) is 8.38. The van der Waals surface area contributed by atoms with Crippen molar-refractivity contribution in [2.24, 2.45) is 0 Å². The number of aromatic nitrogens is 3. The van der Waals surface area contributed by atoms with E-state index in [1.807, 2.05) is 12.1 Å². The van der Waals surface area contributed by atoms with Crippen LogP contribution in [0.25, 0.3) is 22.2 Å². The van der Waals surface area contributed by atoms with Gasteiger partial charge in [-0.3, -0.25) is 9.52 Å². The molecule has 3 aromatic heterocycles. The minimum atomic E-state index is -5.08. The van der Waals surface area contributed by atoms with E-state index >= 15 is 4.39 Å². The molecule has 12 nitrogen and oxygen atoms in total. The van der Waals surface area contributed by atoms with E-state index in [-0.39, 0.29) is 12.1 Å². The van der Waals surface area contributed by atoms with E-state index in [9.17, 15) is 30.8 Å². The highest BCUT2D eigenvalue weighted by Gasteiger charge is 2.38. The van der Waals surface area contributed by atoms with Gasteiger partial charge >= 0.3 is 22.4 Å². The van der Waals surface area contributed by atoms with Crippen LogP contribution in [0.1, 0.15) is 35.7 Å². The summed E-state index contributed by atoms with van der Waals surface area (Å²) in [4.78, 5) is 36.6. The van der Waals surface area contributed by atoms with Gasteiger partial charge in [-0.2, -0.15) is 25.9 Å². The van der Waals surface area contributed by atoms with Gasteiger partial charge in [0.1, 0.15) is 17.3 Å². The third kappa shape index (κ3) is 7.24. The molecule has 6 rings (SSSR count). The molecule has 48 heavy (non-hydrogen) atoms. The Morgan fingerprint density at radius 1 is 1.06 bits per heavy atom. The number of carboxylic acid groups (broad SMARTS) is 1. The third-order valence-corrected chi connectivity index (χ3v) is 9.61. The topological polar surface area (TPSA) is 161 Å². The van der Waals surface area contributed by atoms with E-state index < -0.39 is 51.0 Å². The molecule has 2 atom stereocenters. The van der Waals surface area contributed by atoms with E-state index in [1.165, 1.54) is 26.1 Å². The number of fused-ring (bicyclic) bond motifs is 3. The minimum Gasteiger partial charge on any atom is -0.475 e. The van der Waals surface area contributed by atoms with Crippen LogP contribution in [0, 0.1) is 11.6 Å². The summed E-state index contributed by atoms with van der Waals surface area (Å²) in [6.45, 7) is 3.56. The number of aromatic amines is 1. The highest BCUT2D eigenvalue weighted by molar-refractivity contribution is 7.90. The molecular formula is C30H30F5N7O5S. The standard InChI is InChI=1S/C28H29F2N7O3S.C2HF3O2/c1-3-36(2)41(39,40)35-23-8-7-22(29)25(26(23)30)27(38)21-13-33-28-20(21)10-17(12-32-28)16-4-9-24(31-11-16)37-14-18-5-6-19(15-37)34-18;3-2(4,5)1(6)7/h4,7-13,18-19,34-35H,3,5-6,14-15H2,1-2H3,(H,32,33);(H,6,7). The number of alkyl halides is 3. The molecule has 0 amide bonds. The Labute approximate surface area is 271 Å². The lowest BCUT2D eigenvalue weighted by Gasteiger charge is -2.33. The van der Waals surface area contributed by atoms with Gasteiger partial charge in [-0.25, -0.2) is 23.5 Å². The molecule has 2 aliphatic rings. The van der Waals surface area contributed by atoms with Crippen molar-refractivity contribution in [1.29, 1.82) is 0 Å². The maximum atomic E-state index is 15.4. The first kappa shape index (κ1) is 34.6. The van der Waals surface area contributed by atoms with Crippen LogP contribution < -0.4 is 14.9 Å². The van der Waals surface area contributed by atoms with Gasteiger partial charge in [0.15, 0.2) is 5.82 Å². The average Bonchev–Trinajstić information content (AvgIpc) is 3.63. The van der Waals surface area contributed by atoms with Crippen LogP contribution in [0.4, 0.5) is 33.5 Å². The number of piperazine rings is 1. The van der Waals surface area contributed by atoms with Crippen molar-refractivity contribution in [1.82, 2.24) is 24.6 Å². The quantitative estimate of drug-likeness (QED) is 0.156. The fraction of sp³-hybridized carbons (Fsp3) is 0.333. The number of carbonyl (C=O) groups is 2. The van der Waals surface area contributed by atoms with Gasteiger partial charge in [-0.1, -0.05) is 6.92 Å². The smallest absolute Gasteiger partial charge is 0.475 e. The molecule has 1 aromatic carbocycles. The SMILES string of the molecule is CCN(C)S(=O)(=O)Nc1ccc(F)c(C(=O)c2c[nH]c3ncc(-c4ccc(N5CC6CCC(C5)N6)nc4)cc23)c1F.O=C(O)C(F)(F)F. The molecule has 2 saturated heterocycles. The number of nitrogens with zero attached hydrogens (tertiary/aromatic N) is 4. The first-order valence-corrected chi connectivity index (χ1v) is 16.0. The van der Waals surface area contributed by atoms with Crippen LogP contribution >= 0.6 is 0 Å². The normalized spacial score (nSPS) is 17.7. The lowest BCUT2D eigenvalue weighted by Crippen LogP contribution is -2.51. The van der Waals surface area contributed by atoms with Crippen molar-refractivity contribution in [3.63, 3.8) is 0 Å². The molecule has 18 heteroatoms. The second-order valence-electron chi connectivity index (χ2n) is 11.2. The lowest BCUT2D eigenvalue weighted by molar-refractivity contribution is -0.192. The summed E-state index contributed by atoms with van der Waals surface area (Å²) in [5, 5.41) is 11.1. The Morgan fingerprint density at radius 3 is 2.29 bits per heavy atom. The highest BCUT2D eigenvalue weighted by atomic mass is 32.2. The second-order valence-corrected chi connectivity index (χ2v) is 13.0. The van der Waals surface area contributed by atoms with E-state index in [0.717, 1.165) is 40.9 Å². The van der Waals surface area contributed by atoms with Crippen molar-refractivity contribution >= 4 is 44.5 Å². The van der Waals surface area contributed by atoms with Gasteiger partial charge in [0.2, 0.25) is 5.78 Å². The maximum absolute atomic E-state index is 15.4. The van der Waals surface area contributed by atoms with Gasteiger partial charge in [0.05, 0.1) is 11.3 Å². The first-order valence-electron chi connectivity index (χ1n) is 14.6. The zero-order valence-electron chi connectivity index (χ0n) is 25.5. The predicted octanol–water partition coefficient (Wildman–Crippen LogP) is 4.32. The summed E-state index contributed by atoms with van der Waals surface area (Å²) in [6.07, 6.45) is 1.98. The summed E-state index contributed by atoms with van der Waals surface area (Å²) in [7, 11) is -2.79. The molecule has 256 valence electrons. The number of carboxylic acids is 1. The van der Waals surface area contributed by atoms with E-state index in [0.29, 0.717) is 28.7 Å². The fourth-order valence-electron chi connectivity index (χ4n) is 5.44. The molecule has 0 spiro atoms. The van der Waals surface area contributed by atoms with Gasteiger partial charge in [-0.05, 0) is 43.2 Å². The number of ketones is 1. The van der Waals surface area contributed by atoms with Crippen LogP contribution in [-0.4, -0.2) is 89.5 Å². The molecule has 2 bridgehead atoms. The average molecular weight is 696 g/mol. The van der Waals surface area contributed by atoms with Crippen molar-refractivity contribution in [3.8, 4) is 11.1 Å². The Morgan fingerprint density at radius 2 is 1.71 bits per heavy atom. The van der Waals surface area contributed by atoms with Crippen molar-refractivity contribution in [3.05, 3.63) is 71.7 Å². The van der Waals surface area contributed by atoms with Crippen molar-refractivity contribution in [2.45, 2.75) is 38.0 Å². The van der Waals surface area contributed by atoms with E-state index in [2.05, 4.69) is 29.9 Å². The fourth-order valence-corrected chi connectivity index (χ4v) is 6.37. The van der Waals surface area contributed by atoms with E-state index in [4.69, 9.17) is 9.90 Å². The largest absolute Gasteiger partial charge is 0.490 e. The number of hydrogen-bond acceptors (Lipinski definition) is 8. The summed E-state index contributed by atoms with van der Waals surface area (Å²) >= 11 is 0. The molecule has 4 aromatic rings.